The van der Waals surface area contributed by atoms with E-state index in [1.807, 2.05) is 41.3 Å². The van der Waals surface area contributed by atoms with Crippen LogP contribution in [-0.4, -0.2) is 35.0 Å². The van der Waals surface area contributed by atoms with E-state index < -0.39 is 0 Å². The average molecular weight is 371 g/mol. The summed E-state index contributed by atoms with van der Waals surface area (Å²) in [5.74, 6) is 0.00618. The van der Waals surface area contributed by atoms with E-state index in [0.717, 1.165) is 31.4 Å². The van der Waals surface area contributed by atoms with Crippen LogP contribution in [0.4, 0.5) is 6.01 Å². The molecule has 26 heavy (non-hydrogen) atoms. The normalized spacial score (nSPS) is 17.0. The number of rotatable bonds is 5. The van der Waals surface area contributed by atoms with Gasteiger partial charge in [-0.25, -0.2) is 4.98 Å². The van der Waals surface area contributed by atoms with Crippen LogP contribution in [-0.2, 0) is 11.2 Å². The Bertz CT molecular complexity index is 876. The van der Waals surface area contributed by atoms with Crippen LogP contribution in [0.2, 0.25) is 5.02 Å². The maximum atomic E-state index is 12.6. The number of benzene rings is 1. The maximum absolute atomic E-state index is 12.6. The minimum absolute atomic E-state index is 0.00618. The van der Waals surface area contributed by atoms with Gasteiger partial charge in [-0.15, -0.1) is 0 Å². The SMILES string of the molecule is O=C(NCCc1ccc(Cl)cc1)C1CCCN1c1nc2ncccc2o1. The summed E-state index contributed by atoms with van der Waals surface area (Å²) in [4.78, 5) is 23.2. The molecule has 7 heteroatoms. The number of nitrogens with zero attached hydrogens (tertiary/aromatic N) is 3. The molecule has 1 fully saturated rings. The number of pyridine rings is 1. The summed E-state index contributed by atoms with van der Waals surface area (Å²) in [6.07, 6.45) is 4.17. The number of nitrogens with one attached hydrogen (secondary N) is 1. The van der Waals surface area contributed by atoms with E-state index >= 15 is 0 Å². The zero-order valence-electron chi connectivity index (χ0n) is 14.2. The van der Waals surface area contributed by atoms with Gasteiger partial charge in [-0.3, -0.25) is 4.79 Å². The molecule has 134 valence electrons. The number of aromatic nitrogens is 2. The van der Waals surface area contributed by atoms with Crippen molar-refractivity contribution in [2.75, 3.05) is 18.0 Å². The third-order valence-corrected chi connectivity index (χ3v) is 4.83. The maximum Gasteiger partial charge on any atom is 0.300 e. The van der Waals surface area contributed by atoms with Gasteiger partial charge in [0.15, 0.2) is 5.58 Å². The van der Waals surface area contributed by atoms with Gasteiger partial charge in [0, 0.05) is 24.3 Å². The molecule has 1 aliphatic heterocycles. The van der Waals surface area contributed by atoms with Crippen molar-refractivity contribution in [1.29, 1.82) is 0 Å². The van der Waals surface area contributed by atoms with E-state index in [0.29, 0.717) is 28.8 Å². The Hall–Kier alpha value is -2.60. The summed E-state index contributed by atoms with van der Waals surface area (Å²) in [6.45, 7) is 1.34. The zero-order valence-corrected chi connectivity index (χ0v) is 14.9. The molecule has 1 amide bonds. The third kappa shape index (κ3) is 3.51. The molecule has 1 N–H and O–H groups in total. The Morgan fingerprint density at radius 1 is 1.31 bits per heavy atom. The van der Waals surface area contributed by atoms with Crippen LogP contribution in [0.1, 0.15) is 18.4 Å². The lowest BCUT2D eigenvalue weighted by Gasteiger charge is -2.21. The summed E-state index contributed by atoms with van der Waals surface area (Å²) in [5, 5.41) is 3.74. The molecule has 0 radical (unpaired) electrons. The number of anilines is 1. The summed E-state index contributed by atoms with van der Waals surface area (Å²) in [6, 6.07) is 11.5. The molecule has 1 unspecified atom stereocenters. The number of carbonyl (C=O) groups excluding carboxylic acids is 1. The lowest BCUT2D eigenvalue weighted by Crippen LogP contribution is -2.44. The molecule has 0 saturated carbocycles. The van der Waals surface area contributed by atoms with Gasteiger partial charge in [-0.1, -0.05) is 23.7 Å². The quantitative estimate of drug-likeness (QED) is 0.746. The largest absolute Gasteiger partial charge is 0.422 e. The minimum Gasteiger partial charge on any atom is -0.422 e. The highest BCUT2D eigenvalue weighted by molar-refractivity contribution is 6.30. The molecule has 4 rings (SSSR count). The first-order valence-corrected chi connectivity index (χ1v) is 9.09. The average Bonchev–Trinajstić information content (AvgIpc) is 3.29. The van der Waals surface area contributed by atoms with Crippen LogP contribution in [0.3, 0.4) is 0 Å². The van der Waals surface area contributed by atoms with E-state index in [2.05, 4.69) is 15.3 Å². The van der Waals surface area contributed by atoms with Crippen molar-refractivity contribution in [3.63, 3.8) is 0 Å². The van der Waals surface area contributed by atoms with Crippen LogP contribution < -0.4 is 10.2 Å². The van der Waals surface area contributed by atoms with Crippen LogP contribution >= 0.6 is 11.6 Å². The molecule has 0 spiro atoms. The summed E-state index contributed by atoms with van der Waals surface area (Å²) in [5.41, 5.74) is 2.34. The highest BCUT2D eigenvalue weighted by atomic mass is 35.5. The summed E-state index contributed by atoms with van der Waals surface area (Å²) in [7, 11) is 0. The number of carbonyl (C=O) groups is 1. The van der Waals surface area contributed by atoms with E-state index in [1.54, 1.807) is 6.20 Å². The van der Waals surface area contributed by atoms with Crippen molar-refractivity contribution in [2.45, 2.75) is 25.3 Å². The zero-order chi connectivity index (χ0) is 17.9. The van der Waals surface area contributed by atoms with Crippen molar-refractivity contribution in [1.82, 2.24) is 15.3 Å². The molecular formula is C19H19ClN4O2. The summed E-state index contributed by atoms with van der Waals surface area (Å²) >= 11 is 5.89. The minimum atomic E-state index is -0.256. The van der Waals surface area contributed by atoms with Gasteiger partial charge in [-0.05, 0) is 49.1 Å². The molecule has 3 aromatic rings. The Morgan fingerprint density at radius 3 is 2.96 bits per heavy atom. The second kappa shape index (κ2) is 7.33. The van der Waals surface area contributed by atoms with E-state index in [9.17, 15) is 4.79 Å². The smallest absolute Gasteiger partial charge is 0.300 e. The Labute approximate surface area is 156 Å². The number of hydrogen-bond acceptors (Lipinski definition) is 5. The molecule has 6 nitrogen and oxygen atoms in total. The topological polar surface area (TPSA) is 71.3 Å². The standard InChI is InChI=1S/C19H19ClN4O2/c20-14-7-5-13(6-8-14)9-11-22-18(25)15-3-2-12-24(15)19-23-17-16(26-19)4-1-10-21-17/h1,4-8,10,15H,2-3,9,11-12H2,(H,22,25). The molecular weight excluding hydrogens is 352 g/mol. The number of halogens is 1. The number of amides is 1. The fourth-order valence-electron chi connectivity index (χ4n) is 3.25. The van der Waals surface area contributed by atoms with Gasteiger partial charge >= 0.3 is 6.01 Å². The Kier molecular flexibility index (Phi) is 4.75. The van der Waals surface area contributed by atoms with Gasteiger partial charge in [0.1, 0.15) is 6.04 Å². The number of hydrogen-bond donors (Lipinski definition) is 1. The number of oxazole rings is 1. The van der Waals surface area contributed by atoms with E-state index in [-0.39, 0.29) is 11.9 Å². The van der Waals surface area contributed by atoms with Crippen molar-refractivity contribution in [2.24, 2.45) is 0 Å². The summed E-state index contributed by atoms with van der Waals surface area (Å²) < 4.78 is 5.78. The predicted molar refractivity (Wildman–Crippen MR) is 100 cm³/mol. The first-order valence-electron chi connectivity index (χ1n) is 8.71. The predicted octanol–water partition coefficient (Wildman–Crippen LogP) is 3.20. The molecule has 1 aromatic carbocycles. The molecule has 0 aliphatic carbocycles. The molecule has 3 heterocycles. The van der Waals surface area contributed by atoms with E-state index in [4.69, 9.17) is 16.0 Å². The Balaban J connectivity index is 1.39. The fourth-order valence-corrected chi connectivity index (χ4v) is 3.37. The molecule has 1 aliphatic rings. The molecule has 0 bridgehead atoms. The molecule has 1 saturated heterocycles. The molecule has 2 aromatic heterocycles. The van der Waals surface area contributed by atoms with Crippen molar-refractivity contribution < 1.29 is 9.21 Å². The van der Waals surface area contributed by atoms with Crippen LogP contribution in [0.25, 0.3) is 11.2 Å². The first kappa shape index (κ1) is 16.8. The van der Waals surface area contributed by atoms with Crippen LogP contribution in [0.5, 0.6) is 0 Å². The highest BCUT2D eigenvalue weighted by Gasteiger charge is 2.33. The Morgan fingerprint density at radius 2 is 2.15 bits per heavy atom. The lowest BCUT2D eigenvalue weighted by molar-refractivity contribution is -0.122. The van der Waals surface area contributed by atoms with Crippen LogP contribution in [0.15, 0.2) is 47.0 Å². The van der Waals surface area contributed by atoms with Gasteiger partial charge in [0.2, 0.25) is 11.6 Å². The molecule has 1 atom stereocenters. The van der Waals surface area contributed by atoms with Gasteiger partial charge in [0.05, 0.1) is 0 Å². The third-order valence-electron chi connectivity index (χ3n) is 4.58. The highest BCUT2D eigenvalue weighted by Crippen LogP contribution is 2.27. The second-order valence-electron chi connectivity index (χ2n) is 6.34. The lowest BCUT2D eigenvalue weighted by atomic mass is 10.1. The van der Waals surface area contributed by atoms with Crippen molar-refractivity contribution in [3.05, 3.63) is 53.2 Å². The van der Waals surface area contributed by atoms with E-state index in [1.165, 1.54) is 0 Å². The van der Waals surface area contributed by atoms with Crippen molar-refractivity contribution in [3.8, 4) is 0 Å². The first-order chi connectivity index (χ1) is 12.7. The monoisotopic (exact) mass is 370 g/mol. The van der Waals surface area contributed by atoms with Crippen molar-refractivity contribution >= 4 is 34.8 Å². The van der Waals surface area contributed by atoms with Gasteiger partial charge in [-0.2, -0.15) is 4.98 Å². The number of fused-ring (bicyclic) bond motifs is 1. The van der Waals surface area contributed by atoms with Gasteiger partial charge < -0.3 is 14.6 Å². The second-order valence-corrected chi connectivity index (χ2v) is 6.78. The van der Waals surface area contributed by atoms with Gasteiger partial charge in [0.25, 0.3) is 0 Å². The fraction of sp³-hybridized carbons (Fsp3) is 0.316. The van der Waals surface area contributed by atoms with Crippen LogP contribution in [0, 0.1) is 0 Å².